The van der Waals surface area contributed by atoms with Gasteiger partial charge in [0.2, 0.25) is 17.6 Å². The van der Waals surface area contributed by atoms with Crippen LogP contribution in [0.5, 0.6) is 5.75 Å². The number of aryl methyl sites for hydroxylation is 1. The number of carbonyl (C=O) groups is 1. The Balaban J connectivity index is 1.62. The third kappa shape index (κ3) is 4.23. The molecule has 3 rings (SSSR count). The van der Waals surface area contributed by atoms with Crippen LogP contribution in [0.1, 0.15) is 18.4 Å². The first-order valence-corrected chi connectivity index (χ1v) is 8.03. The first-order chi connectivity index (χ1) is 12.2. The zero-order valence-corrected chi connectivity index (χ0v) is 14.2. The van der Waals surface area contributed by atoms with Crippen LogP contribution in [0.4, 0.5) is 5.69 Å². The number of hydrogen-bond donors (Lipinski definition) is 1. The molecule has 0 unspecified atom stereocenters. The number of aromatic nitrogens is 2. The summed E-state index contributed by atoms with van der Waals surface area (Å²) >= 11 is 0. The van der Waals surface area contributed by atoms with Crippen molar-refractivity contribution in [3.8, 4) is 17.1 Å². The van der Waals surface area contributed by atoms with Crippen molar-refractivity contribution in [1.82, 2.24) is 10.1 Å². The second-order valence-corrected chi connectivity index (χ2v) is 5.52. The van der Waals surface area contributed by atoms with Crippen molar-refractivity contribution in [2.45, 2.75) is 19.8 Å². The zero-order chi connectivity index (χ0) is 17.6. The number of benzene rings is 2. The van der Waals surface area contributed by atoms with Gasteiger partial charge in [0.25, 0.3) is 0 Å². The van der Waals surface area contributed by atoms with Crippen molar-refractivity contribution in [2.75, 3.05) is 12.4 Å². The number of carbonyl (C=O) groups excluding carboxylic acids is 1. The average molecular weight is 337 g/mol. The summed E-state index contributed by atoms with van der Waals surface area (Å²) in [4.78, 5) is 16.4. The van der Waals surface area contributed by atoms with Gasteiger partial charge in [-0.2, -0.15) is 4.98 Å². The van der Waals surface area contributed by atoms with Crippen molar-refractivity contribution < 1.29 is 14.1 Å². The normalized spacial score (nSPS) is 10.5. The van der Waals surface area contributed by atoms with Gasteiger partial charge in [-0.25, -0.2) is 0 Å². The molecule has 0 saturated heterocycles. The fraction of sp³-hybridized carbons (Fsp3) is 0.211. The van der Waals surface area contributed by atoms with E-state index in [0.29, 0.717) is 5.82 Å². The molecule has 0 aliphatic heterocycles. The summed E-state index contributed by atoms with van der Waals surface area (Å²) in [5.74, 6) is 1.27. The zero-order valence-electron chi connectivity index (χ0n) is 14.2. The van der Waals surface area contributed by atoms with E-state index >= 15 is 0 Å². The molecule has 1 amide bonds. The standard InChI is InChI=1S/C19H19N3O3/c1-3-13-4-8-15(9-5-13)20-17(23)12-18-21-19(22-25-18)14-6-10-16(24-2)11-7-14/h4-11H,3,12H2,1-2H3,(H,20,23). The molecular formula is C19H19N3O3. The lowest BCUT2D eigenvalue weighted by atomic mass is 10.1. The Hall–Kier alpha value is -3.15. The predicted molar refractivity (Wildman–Crippen MR) is 94.4 cm³/mol. The van der Waals surface area contributed by atoms with E-state index in [-0.39, 0.29) is 18.2 Å². The Labute approximate surface area is 145 Å². The summed E-state index contributed by atoms with van der Waals surface area (Å²) in [7, 11) is 1.61. The molecule has 0 atom stereocenters. The van der Waals surface area contributed by atoms with Crippen LogP contribution in [0.2, 0.25) is 0 Å². The lowest BCUT2D eigenvalue weighted by molar-refractivity contribution is -0.115. The first kappa shape index (κ1) is 16.7. The van der Waals surface area contributed by atoms with Gasteiger partial charge in [-0.15, -0.1) is 0 Å². The monoisotopic (exact) mass is 337 g/mol. The van der Waals surface area contributed by atoms with Crippen molar-refractivity contribution in [3.63, 3.8) is 0 Å². The predicted octanol–water partition coefficient (Wildman–Crippen LogP) is 3.49. The maximum atomic E-state index is 12.1. The van der Waals surface area contributed by atoms with Crippen molar-refractivity contribution in [2.24, 2.45) is 0 Å². The Bertz CT molecular complexity index is 839. The minimum absolute atomic E-state index is 0.0265. The highest BCUT2D eigenvalue weighted by Gasteiger charge is 2.13. The Morgan fingerprint density at radius 2 is 1.84 bits per heavy atom. The molecule has 128 valence electrons. The van der Waals surface area contributed by atoms with E-state index in [0.717, 1.165) is 23.4 Å². The molecule has 1 N–H and O–H groups in total. The van der Waals surface area contributed by atoms with E-state index in [1.165, 1.54) is 5.56 Å². The molecule has 1 heterocycles. The molecule has 6 heteroatoms. The summed E-state index contributed by atoms with van der Waals surface area (Å²) in [5, 5.41) is 6.74. The van der Waals surface area contributed by atoms with Gasteiger partial charge in [-0.3, -0.25) is 4.79 Å². The van der Waals surface area contributed by atoms with Gasteiger partial charge in [0.15, 0.2) is 0 Å². The third-order valence-electron chi connectivity index (χ3n) is 3.77. The number of anilines is 1. The molecule has 25 heavy (non-hydrogen) atoms. The number of rotatable bonds is 6. The fourth-order valence-corrected chi connectivity index (χ4v) is 2.35. The van der Waals surface area contributed by atoms with Crippen LogP contribution in [-0.4, -0.2) is 23.2 Å². The molecule has 0 fully saturated rings. The van der Waals surface area contributed by atoms with Gasteiger partial charge < -0.3 is 14.6 Å². The maximum absolute atomic E-state index is 12.1. The summed E-state index contributed by atoms with van der Waals surface area (Å²) in [5.41, 5.74) is 2.77. The van der Waals surface area contributed by atoms with Crippen LogP contribution in [0, 0.1) is 0 Å². The Morgan fingerprint density at radius 3 is 2.48 bits per heavy atom. The van der Waals surface area contributed by atoms with Crippen LogP contribution >= 0.6 is 0 Å². The number of nitrogens with zero attached hydrogens (tertiary/aromatic N) is 2. The lowest BCUT2D eigenvalue weighted by Crippen LogP contribution is -2.14. The minimum Gasteiger partial charge on any atom is -0.497 e. The second kappa shape index (κ2) is 7.61. The van der Waals surface area contributed by atoms with E-state index in [9.17, 15) is 4.79 Å². The average Bonchev–Trinajstić information content (AvgIpc) is 3.10. The number of amides is 1. The number of ether oxygens (including phenoxy) is 1. The van der Waals surface area contributed by atoms with Gasteiger partial charge in [-0.05, 0) is 48.4 Å². The van der Waals surface area contributed by atoms with Crippen LogP contribution in [0.25, 0.3) is 11.4 Å². The lowest BCUT2D eigenvalue weighted by Gasteiger charge is -2.04. The molecule has 1 aromatic heterocycles. The summed E-state index contributed by atoms with van der Waals surface area (Å²) in [6.45, 7) is 2.09. The van der Waals surface area contributed by atoms with E-state index in [2.05, 4.69) is 22.4 Å². The van der Waals surface area contributed by atoms with E-state index < -0.39 is 0 Å². The molecule has 6 nitrogen and oxygen atoms in total. The molecule has 0 radical (unpaired) electrons. The quantitative estimate of drug-likeness (QED) is 0.745. The summed E-state index contributed by atoms with van der Waals surface area (Å²) < 4.78 is 10.3. The van der Waals surface area contributed by atoms with Crippen LogP contribution in [-0.2, 0) is 17.6 Å². The highest BCUT2D eigenvalue weighted by molar-refractivity contribution is 5.91. The first-order valence-electron chi connectivity index (χ1n) is 8.03. The molecule has 0 aliphatic rings. The summed E-state index contributed by atoms with van der Waals surface area (Å²) in [6.07, 6.45) is 0.989. The van der Waals surface area contributed by atoms with E-state index in [1.807, 2.05) is 48.5 Å². The topological polar surface area (TPSA) is 77.2 Å². The van der Waals surface area contributed by atoms with Crippen molar-refractivity contribution in [3.05, 3.63) is 60.0 Å². The van der Waals surface area contributed by atoms with Crippen molar-refractivity contribution in [1.29, 1.82) is 0 Å². The van der Waals surface area contributed by atoms with E-state index in [1.54, 1.807) is 7.11 Å². The molecule has 0 bridgehead atoms. The molecule has 0 saturated carbocycles. The van der Waals surface area contributed by atoms with Gasteiger partial charge >= 0.3 is 0 Å². The van der Waals surface area contributed by atoms with Crippen LogP contribution in [0.3, 0.4) is 0 Å². The van der Waals surface area contributed by atoms with Gasteiger partial charge in [0.05, 0.1) is 7.11 Å². The Kier molecular flexibility index (Phi) is 5.09. The molecule has 0 spiro atoms. The number of methoxy groups -OCH3 is 1. The highest BCUT2D eigenvalue weighted by Crippen LogP contribution is 2.20. The molecule has 0 aliphatic carbocycles. The minimum atomic E-state index is -0.200. The Morgan fingerprint density at radius 1 is 1.12 bits per heavy atom. The summed E-state index contributed by atoms with van der Waals surface area (Å²) in [6, 6.07) is 15.1. The highest BCUT2D eigenvalue weighted by atomic mass is 16.5. The third-order valence-corrected chi connectivity index (χ3v) is 3.77. The molecule has 3 aromatic rings. The fourth-order valence-electron chi connectivity index (χ4n) is 2.35. The van der Waals surface area contributed by atoms with Crippen molar-refractivity contribution >= 4 is 11.6 Å². The van der Waals surface area contributed by atoms with Crippen LogP contribution < -0.4 is 10.1 Å². The van der Waals surface area contributed by atoms with Crippen LogP contribution in [0.15, 0.2) is 53.1 Å². The van der Waals surface area contributed by atoms with Gasteiger partial charge in [-0.1, -0.05) is 24.2 Å². The van der Waals surface area contributed by atoms with Gasteiger partial charge in [0.1, 0.15) is 12.2 Å². The smallest absolute Gasteiger partial charge is 0.236 e. The molecular weight excluding hydrogens is 318 g/mol. The largest absolute Gasteiger partial charge is 0.497 e. The SMILES string of the molecule is CCc1ccc(NC(=O)Cc2nc(-c3ccc(OC)cc3)no2)cc1. The number of nitrogens with one attached hydrogen (secondary N) is 1. The molecule has 2 aromatic carbocycles. The maximum Gasteiger partial charge on any atom is 0.236 e. The van der Waals surface area contributed by atoms with E-state index in [4.69, 9.17) is 9.26 Å². The second-order valence-electron chi connectivity index (χ2n) is 5.52. The number of hydrogen-bond acceptors (Lipinski definition) is 5. The van der Waals surface area contributed by atoms with Gasteiger partial charge in [0, 0.05) is 11.3 Å².